The van der Waals surface area contributed by atoms with Gasteiger partial charge in [-0.3, -0.25) is 4.90 Å². The summed E-state index contributed by atoms with van der Waals surface area (Å²) in [6, 6.07) is 8.50. The van der Waals surface area contributed by atoms with Crippen molar-refractivity contribution in [1.29, 1.82) is 0 Å². The summed E-state index contributed by atoms with van der Waals surface area (Å²) < 4.78 is 6.05. The van der Waals surface area contributed by atoms with Crippen LogP contribution in [0.2, 0.25) is 0 Å². The molecular formula is C20H35ClN4O. The van der Waals surface area contributed by atoms with E-state index in [1.54, 1.807) is 0 Å². The molecule has 1 aromatic rings. The van der Waals surface area contributed by atoms with E-state index in [4.69, 9.17) is 4.74 Å². The fourth-order valence-corrected chi connectivity index (χ4v) is 3.78. The summed E-state index contributed by atoms with van der Waals surface area (Å²) in [5.41, 5.74) is 1.25. The third-order valence-corrected chi connectivity index (χ3v) is 5.35. The molecule has 2 aliphatic rings. The number of piperidine rings is 1. The Morgan fingerprint density at radius 2 is 1.77 bits per heavy atom. The highest BCUT2D eigenvalue weighted by Crippen LogP contribution is 2.29. The number of nitrogens with one attached hydrogen (secondary N) is 1. The number of nitrogens with zero attached hydrogens (tertiary/aromatic N) is 3. The number of ether oxygens (including phenoxy) is 1. The summed E-state index contributed by atoms with van der Waals surface area (Å²) in [4.78, 5) is 7.30. The third-order valence-electron chi connectivity index (χ3n) is 5.35. The van der Waals surface area contributed by atoms with E-state index in [2.05, 4.69) is 58.4 Å². The quantitative estimate of drug-likeness (QED) is 0.781. The first kappa shape index (κ1) is 21.3. The zero-order chi connectivity index (χ0) is 17.5. The molecule has 2 saturated heterocycles. The normalized spacial score (nSPS) is 19.4. The molecule has 1 N–H and O–H groups in total. The highest BCUT2D eigenvalue weighted by Gasteiger charge is 2.22. The van der Waals surface area contributed by atoms with Crippen LogP contribution in [-0.2, 0) is 0 Å². The maximum Gasteiger partial charge on any atom is 0.142 e. The number of hydrogen-bond donors (Lipinski definition) is 1. The van der Waals surface area contributed by atoms with Gasteiger partial charge in [-0.05, 0) is 58.1 Å². The summed E-state index contributed by atoms with van der Waals surface area (Å²) in [7, 11) is 4.16. The predicted molar refractivity (Wildman–Crippen MR) is 112 cm³/mol. The van der Waals surface area contributed by atoms with E-state index in [0.717, 1.165) is 51.0 Å². The van der Waals surface area contributed by atoms with E-state index in [9.17, 15) is 0 Å². The Kier molecular flexibility index (Phi) is 8.99. The second kappa shape index (κ2) is 11.0. The molecule has 0 bridgehead atoms. The van der Waals surface area contributed by atoms with Gasteiger partial charge in [-0.15, -0.1) is 12.4 Å². The molecule has 0 saturated carbocycles. The Balaban J connectivity index is 0.00000243. The van der Waals surface area contributed by atoms with Gasteiger partial charge in [0.1, 0.15) is 12.4 Å². The van der Waals surface area contributed by atoms with Crippen LogP contribution in [-0.4, -0.2) is 82.9 Å². The summed E-state index contributed by atoms with van der Waals surface area (Å²) in [5, 5.41) is 3.47. The lowest BCUT2D eigenvalue weighted by atomic mass is 9.97. The van der Waals surface area contributed by atoms with E-state index >= 15 is 0 Å². The molecular weight excluding hydrogens is 348 g/mol. The SMILES string of the molecule is CN(C)CCOc1ccccc1N1CCN(CC2CCNCC2)CC1.Cl. The van der Waals surface area contributed by atoms with E-state index in [1.807, 2.05) is 0 Å². The molecule has 0 amide bonds. The molecule has 2 aliphatic heterocycles. The molecule has 5 nitrogen and oxygen atoms in total. The van der Waals surface area contributed by atoms with Crippen LogP contribution in [0.15, 0.2) is 24.3 Å². The fraction of sp³-hybridized carbons (Fsp3) is 0.700. The molecule has 0 unspecified atom stereocenters. The Morgan fingerprint density at radius 3 is 2.46 bits per heavy atom. The molecule has 148 valence electrons. The van der Waals surface area contributed by atoms with E-state index in [0.29, 0.717) is 0 Å². The van der Waals surface area contributed by atoms with Crippen LogP contribution in [0.5, 0.6) is 5.75 Å². The van der Waals surface area contributed by atoms with Crippen molar-refractivity contribution in [3.8, 4) is 5.75 Å². The molecule has 0 spiro atoms. The van der Waals surface area contributed by atoms with Gasteiger partial charge in [0.05, 0.1) is 5.69 Å². The molecule has 0 aliphatic carbocycles. The van der Waals surface area contributed by atoms with Crippen LogP contribution >= 0.6 is 12.4 Å². The van der Waals surface area contributed by atoms with Crippen molar-refractivity contribution < 1.29 is 4.74 Å². The minimum atomic E-state index is 0. The first-order valence-corrected chi connectivity index (χ1v) is 9.77. The van der Waals surface area contributed by atoms with Crippen molar-refractivity contribution in [3.63, 3.8) is 0 Å². The Morgan fingerprint density at radius 1 is 1.08 bits per heavy atom. The van der Waals surface area contributed by atoms with E-state index in [-0.39, 0.29) is 12.4 Å². The van der Waals surface area contributed by atoms with Crippen LogP contribution in [0.1, 0.15) is 12.8 Å². The standard InChI is InChI=1S/C20H34N4O.ClH/c1-22(2)15-16-25-20-6-4-3-5-19(20)24-13-11-23(12-14-24)17-18-7-9-21-10-8-18;/h3-6,18,21H,7-17H2,1-2H3;1H. The lowest BCUT2D eigenvalue weighted by Crippen LogP contribution is -2.48. The van der Waals surface area contributed by atoms with Gasteiger partial charge in [0.25, 0.3) is 0 Å². The summed E-state index contributed by atoms with van der Waals surface area (Å²) in [5.74, 6) is 1.91. The van der Waals surface area contributed by atoms with Crippen molar-refractivity contribution in [2.45, 2.75) is 12.8 Å². The molecule has 3 rings (SSSR count). The van der Waals surface area contributed by atoms with Crippen LogP contribution in [0.25, 0.3) is 0 Å². The molecule has 1 aromatic carbocycles. The third kappa shape index (κ3) is 6.31. The van der Waals surface area contributed by atoms with Crippen LogP contribution in [0, 0.1) is 5.92 Å². The Labute approximate surface area is 165 Å². The number of rotatable bonds is 7. The number of piperazine rings is 1. The highest BCUT2D eigenvalue weighted by molar-refractivity contribution is 5.85. The van der Waals surface area contributed by atoms with E-state index < -0.39 is 0 Å². The fourth-order valence-electron chi connectivity index (χ4n) is 3.78. The second-order valence-electron chi connectivity index (χ2n) is 7.60. The number of hydrogen-bond acceptors (Lipinski definition) is 5. The van der Waals surface area contributed by atoms with Crippen molar-refractivity contribution in [1.82, 2.24) is 15.1 Å². The van der Waals surface area contributed by atoms with Gasteiger partial charge in [0.2, 0.25) is 0 Å². The molecule has 2 heterocycles. The van der Waals surface area contributed by atoms with Crippen molar-refractivity contribution in [2.24, 2.45) is 5.92 Å². The topological polar surface area (TPSA) is 31.0 Å². The lowest BCUT2D eigenvalue weighted by Gasteiger charge is -2.38. The minimum absolute atomic E-state index is 0. The zero-order valence-corrected chi connectivity index (χ0v) is 17.1. The smallest absolute Gasteiger partial charge is 0.142 e. The first-order chi connectivity index (χ1) is 12.2. The maximum atomic E-state index is 6.05. The molecule has 2 fully saturated rings. The largest absolute Gasteiger partial charge is 0.490 e. The van der Waals surface area contributed by atoms with Crippen LogP contribution < -0.4 is 15.0 Å². The number of likely N-dealkylation sites (N-methyl/N-ethyl adjacent to an activating group) is 1. The van der Waals surface area contributed by atoms with Gasteiger partial charge < -0.3 is 19.9 Å². The van der Waals surface area contributed by atoms with Gasteiger partial charge in [0.15, 0.2) is 0 Å². The number of benzene rings is 1. The number of anilines is 1. The molecule has 0 radical (unpaired) electrons. The highest BCUT2D eigenvalue weighted by atomic mass is 35.5. The van der Waals surface area contributed by atoms with E-state index in [1.165, 1.54) is 38.2 Å². The van der Waals surface area contributed by atoms with Gasteiger partial charge in [-0.1, -0.05) is 12.1 Å². The van der Waals surface area contributed by atoms with Gasteiger partial charge in [0, 0.05) is 39.3 Å². The summed E-state index contributed by atoms with van der Waals surface area (Å²) >= 11 is 0. The van der Waals surface area contributed by atoms with Crippen molar-refractivity contribution >= 4 is 18.1 Å². The minimum Gasteiger partial charge on any atom is -0.490 e. The van der Waals surface area contributed by atoms with Crippen molar-refractivity contribution in [2.75, 3.05) is 78.0 Å². The average molecular weight is 383 g/mol. The molecule has 6 heteroatoms. The number of halogens is 1. The Hall–Kier alpha value is -1.01. The maximum absolute atomic E-state index is 6.05. The average Bonchev–Trinajstić information content (AvgIpc) is 2.63. The predicted octanol–water partition coefficient (Wildman–Crippen LogP) is 2.17. The van der Waals surface area contributed by atoms with Crippen LogP contribution in [0.3, 0.4) is 0 Å². The summed E-state index contributed by atoms with van der Waals surface area (Å²) in [6.45, 7) is 9.86. The number of para-hydroxylation sites is 2. The van der Waals surface area contributed by atoms with Crippen molar-refractivity contribution in [3.05, 3.63) is 24.3 Å². The van der Waals surface area contributed by atoms with Gasteiger partial charge in [-0.25, -0.2) is 0 Å². The van der Waals surface area contributed by atoms with Gasteiger partial charge in [-0.2, -0.15) is 0 Å². The zero-order valence-electron chi connectivity index (χ0n) is 16.3. The summed E-state index contributed by atoms with van der Waals surface area (Å²) in [6.07, 6.45) is 2.67. The van der Waals surface area contributed by atoms with Crippen LogP contribution in [0.4, 0.5) is 5.69 Å². The molecule has 0 aromatic heterocycles. The second-order valence-corrected chi connectivity index (χ2v) is 7.60. The van der Waals surface area contributed by atoms with Gasteiger partial charge >= 0.3 is 0 Å². The molecule has 26 heavy (non-hydrogen) atoms. The first-order valence-electron chi connectivity index (χ1n) is 9.77. The lowest BCUT2D eigenvalue weighted by molar-refractivity contribution is 0.196. The molecule has 0 atom stereocenters. The monoisotopic (exact) mass is 382 g/mol. The Bertz CT molecular complexity index is 514.